The van der Waals surface area contributed by atoms with Gasteiger partial charge in [-0.2, -0.15) is 0 Å². The quantitative estimate of drug-likeness (QED) is 0.607. The number of nitrogens with zero attached hydrogens (tertiary/aromatic N) is 2. The van der Waals surface area contributed by atoms with Crippen molar-refractivity contribution in [3.63, 3.8) is 0 Å². The van der Waals surface area contributed by atoms with Gasteiger partial charge in [-0.25, -0.2) is 9.97 Å². The molecule has 84 valence electrons. The molecule has 1 rings (SSSR count). The van der Waals surface area contributed by atoms with Crippen LogP contribution < -0.4 is 0 Å². The third-order valence-electron chi connectivity index (χ3n) is 2.18. The molecule has 0 saturated heterocycles. The van der Waals surface area contributed by atoms with Crippen molar-refractivity contribution < 1.29 is 0 Å². The zero-order valence-electron chi connectivity index (χ0n) is 9.35. The summed E-state index contributed by atoms with van der Waals surface area (Å²) >= 11 is 8.30. The summed E-state index contributed by atoms with van der Waals surface area (Å²) < 4.78 is 0.990. The molecule has 0 aliphatic carbocycles. The summed E-state index contributed by atoms with van der Waals surface area (Å²) in [5.74, 6) is 1.28. The second kappa shape index (κ2) is 5.99. The second-order valence-electron chi connectivity index (χ2n) is 3.89. The third kappa shape index (κ3) is 3.55. The predicted octanol–water partition coefficient (Wildman–Crippen LogP) is 4.20. The minimum atomic E-state index is 0.401. The van der Waals surface area contributed by atoms with Gasteiger partial charge in [0.1, 0.15) is 11.0 Å². The molecule has 0 aromatic carbocycles. The fourth-order valence-electron chi connectivity index (χ4n) is 1.31. The molecule has 0 unspecified atom stereocenters. The third-order valence-corrected chi connectivity index (χ3v) is 3.84. The topological polar surface area (TPSA) is 25.8 Å². The number of aromatic nitrogens is 2. The zero-order valence-corrected chi connectivity index (χ0v) is 12.3. The van der Waals surface area contributed by atoms with E-state index in [0.717, 1.165) is 34.4 Å². The highest BCUT2D eigenvalue weighted by atomic mass is 127. The Morgan fingerprint density at radius 2 is 2.00 bits per heavy atom. The van der Waals surface area contributed by atoms with Crippen molar-refractivity contribution in [3.8, 4) is 0 Å². The van der Waals surface area contributed by atoms with E-state index in [9.17, 15) is 0 Å². The van der Waals surface area contributed by atoms with Crippen LogP contribution in [0.15, 0.2) is 0 Å². The van der Waals surface area contributed by atoms with Gasteiger partial charge >= 0.3 is 0 Å². The molecule has 0 saturated carbocycles. The SMILES string of the molecule is CCCCc1nc(Cl)c(I)c(C(C)C)n1. The van der Waals surface area contributed by atoms with E-state index in [1.165, 1.54) is 0 Å². The van der Waals surface area contributed by atoms with Crippen LogP contribution >= 0.6 is 34.2 Å². The van der Waals surface area contributed by atoms with E-state index >= 15 is 0 Å². The summed E-state index contributed by atoms with van der Waals surface area (Å²) in [7, 11) is 0. The smallest absolute Gasteiger partial charge is 0.146 e. The summed E-state index contributed by atoms with van der Waals surface area (Å²) in [6, 6.07) is 0. The first kappa shape index (κ1) is 13.2. The van der Waals surface area contributed by atoms with E-state index in [0.29, 0.717) is 11.1 Å². The molecule has 0 atom stereocenters. The Kier molecular flexibility index (Phi) is 5.26. The van der Waals surface area contributed by atoms with E-state index in [2.05, 4.69) is 53.3 Å². The Bertz CT molecular complexity index is 340. The Balaban J connectivity index is 3.00. The maximum absolute atomic E-state index is 6.08. The molecule has 0 spiro atoms. The minimum absolute atomic E-state index is 0.401. The molecule has 1 aromatic rings. The molecular formula is C11H16ClIN2. The molecule has 2 nitrogen and oxygen atoms in total. The summed E-state index contributed by atoms with van der Waals surface area (Å²) in [5, 5.41) is 0.598. The van der Waals surface area contributed by atoms with Crippen LogP contribution in [0, 0.1) is 3.57 Å². The first-order chi connectivity index (χ1) is 7.06. The molecule has 0 fully saturated rings. The van der Waals surface area contributed by atoms with Gasteiger partial charge in [0.05, 0.1) is 9.26 Å². The highest BCUT2D eigenvalue weighted by Gasteiger charge is 2.12. The van der Waals surface area contributed by atoms with Crippen molar-refractivity contribution in [2.75, 3.05) is 0 Å². The largest absolute Gasteiger partial charge is 0.236 e. The van der Waals surface area contributed by atoms with Gasteiger partial charge in [0, 0.05) is 6.42 Å². The second-order valence-corrected chi connectivity index (χ2v) is 5.32. The van der Waals surface area contributed by atoms with Crippen LogP contribution in [0.1, 0.15) is 51.0 Å². The Morgan fingerprint density at radius 3 is 2.53 bits per heavy atom. The number of aryl methyl sites for hydroxylation is 1. The van der Waals surface area contributed by atoms with Gasteiger partial charge in [0.2, 0.25) is 0 Å². The van der Waals surface area contributed by atoms with Gasteiger partial charge in [0.15, 0.2) is 0 Å². The van der Waals surface area contributed by atoms with Crippen LogP contribution in [0.3, 0.4) is 0 Å². The number of unbranched alkanes of at least 4 members (excludes halogenated alkanes) is 1. The minimum Gasteiger partial charge on any atom is -0.236 e. The van der Waals surface area contributed by atoms with E-state index in [1.54, 1.807) is 0 Å². The number of hydrogen-bond donors (Lipinski definition) is 0. The van der Waals surface area contributed by atoms with Crippen molar-refractivity contribution in [3.05, 3.63) is 20.2 Å². The summed E-state index contributed by atoms with van der Waals surface area (Å²) in [5.41, 5.74) is 1.07. The van der Waals surface area contributed by atoms with Gasteiger partial charge in [-0.3, -0.25) is 0 Å². The molecule has 0 radical (unpaired) electrons. The first-order valence-corrected chi connectivity index (χ1v) is 6.73. The van der Waals surface area contributed by atoms with Gasteiger partial charge in [0.25, 0.3) is 0 Å². The van der Waals surface area contributed by atoms with Crippen LogP contribution in [0.25, 0.3) is 0 Å². The monoisotopic (exact) mass is 338 g/mol. The van der Waals surface area contributed by atoms with E-state index in [4.69, 9.17) is 11.6 Å². The normalized spacial score (nSPS) is 11.1. The summed E-state index contributed by atoms with van der Waals surface area (Å²) in [6.07, 6.45) is 3.20. The number of rotatable bonds is 4. The van der Waals surface area contributed by atoms with Gasteiger partial charge in [-0.1, -0.05) is 38.8 Å². The molecule has 0 aliphatic rings. The summed E-state index contributed by atoms with van der Waals surface area (Å²) in [6.45, 7) is 6.42. The molecule has 1 heterocycles. The van der Waals surface area contributed by atoms with E-state index in [-0.39, 0.29) is 0 Å². The van der Waals surface area contributed by atoms with Gasteiger partial charge in [-0.15, -0.1) is 0 Å². The molecule has 1 aromatic heterocycles. The first-order valence-electron chi connectivity index (χ1n) is 5.28. The van der Waals surface area contributed by atoms with Crippen LogP contribution in [0.5, 0.6) is 0 Å². The average molecular weight is 339 g/mol. The maximum Gasteiger partial charge on any atom is 0.146 e. The number of hydrogen-bond acceptors (Lipinski definition) is 2. The molecule has 0 bridgehead atoms. The van der Waals surface area contributed by atoms with Crippen molar-refractivity contribution in [2.24, 2.45) is 0 Å². The maximum atomic E-state index is 6.08. The van der Waals surface area contributed by atoms with Crippen molar-refractivity contribution >= 4 is 34.2 Å². The van der Waals surface area contributed by atoms with Gasteiger partial charge in [-0.05, 0) is 34.9 Å². The van der Waals surface area contributed by atoms with Crippen LogP contribution in [0.2, 0.25) is 5.15 Å². The van der Waals surface area contributed by atoms with Crippen LogP contribution in [-0.4, -0.2) is 9.97 Å². The van der Waals surface area contributed by atoms with Crippen LogP contribution in [-0.2, 0) is 6.42 Å². The van der Waals surface area contributed by atoms with Gasteiger partial charge < -0.3 is 0 Å². The Morgan fingerprint density at radius 1 is 1.33 bits per heavy atom. The summed E-state index contributed by atoms with van der Waals surface area (Å²) in [4.78, 5) is 8.87. The molecule has 0 aliphatic heterocycles. The van der Waals surface area contributed by atoms with E-state index < -0.39 is 0 Å². The number of halogens is 2. The van der Waals surface area contributed by atoms with Crippen molar-refractivity contribution in [1.82, 2.24) is 9.97 Å². The zero-order chi connectivity index (χ0) is 11.4. The standard InChI is InChI=1S/C11H16ClIN2/c1-4-5-6-8-14-10(7(2)3)9(13)11(12)15-8/h7H,4-6H2,1-3H3. The lowest BCUT2D eigenvalue weighted by atomic mass is 10.1. The molecule has 15 heavy (non-hydrogen) atoms. The Hall–Kier alpha value is 0.1000. The van der Waals surface area contributed by atoms with E-state index in [1.807, 2.05) is 0 Å². The fourth-order valence-corrected chi connectivity index (χ4v) is 2.37. The lowest BCUT2D eigenvalue weighted by molar-refractivity contribution is 0.722. The van der Waals surface area contributed by atoms with Crippen molar-refractivity contribution in [2.45, 2.75) is 46.0 Å². The van der Waals surface area contributed by atoms with Crippen LogP contribution in [0.4, 0.5) is 0 Å². The molecule has 0 amide bonds. The fraction of sp³-hybridized carbons (Fsp3) is 0.636. The highest BCUT2D eigenvalue weighted by molar-refractivity contribution is 14.1. The molecular weight excluding hydrogens is 322 g/mol. The Labute approximate surface area is 110 Å². The molecule has 0 N–H and O–H groups in total. The van der Waals surface area contributed by atoms with Crippen molar-refractivity contribution in [1.29, 1.82) is 0 Å². The lowest BCUT2D eigenvalue weighted by Gasteiger charge is -2.10. The average Bonchev–Trinajstić information content (AvgIpc) is 2.19. The lowest BCUT2D eigenvalue weighted by Crippen LogP contribution is -2.05. The highest BCUT2D eigenvalue weighted by Crippen LogP contribution is 2.25. The molecule has 4 heteroatoms. The predicted molar refractivity (Wildman–Crippen MR) is 72.5 cm³/mol.